The van der Waals surface area contributed by atoms with E-state index in [1.807, 2.05) is 24.3 Å². The number of hydrogen-bond donors (Lipinski definition) is 1. The van der Waals surface area contributed by atoms with Crippen LogP contribution in [0.5, 0.6) is 0 Å². The fourth-order valence-corrected chi connectivity index (χ4v) is 5.75. The summed E-state index contributed by atoms with van der Waals surface area (Å²) in [6.07, 6.45) is 4.39. The number of fused-ring (bicyclic) bond motifs is 1. The van der Waals surface area contributed by atoms with Gasteiger partial charge in [0.1, 0.15) is 5.00 Å². The molecular weight excluding hydrogens is 514 g/mol. The molecule has 0 fully saturated rings. The smallest absolute Gasteiger partial charge is 0.270 e. The lowest BCUT2D eigenvalue weighted by molar-refractivity contribution is -0.384. The second-order valence-electron chi connectivity index (χ2n) is 9.56. The van der Waals surface area contributed by atoms with Crippen molar-refractivity contribution < 1.29 is 9.72 Å². The number of amides is 1. The van der Waals surface area contributed by atoms with Crippen LogP contribution >= 0.6 is 27.3 Å². The molecule has 0 aliphatic heterocycles. The van der Waals surface area contributed by atoms with Gasteiger partial charge in [-0.2, -0.15) is 0 Å². The maximum atomic E-state index is 13.4. The Labute approximate surface area is 211 Å². The van der Waals surface area contributed by atoms with Crippen molar-refractivity contribution in [1.82, 2.24) is 0 Å². The van der Waals surface area contributed by atoms with Crippen molar-refractivity contribution in [3.05, 3.63) is 84.7 Å². The summed E-state index contributed by atoms with van der Waals surface area (Å²) in [6.45, 7) is 6.79. The van der Waals surface area contributed by atoms with E-state index in [-0.39, 0.29) is 17.0 Å². The molecule has 6 nitrogen and oxygen atoms in total. The summed E-state index contributed by atoms with van der Waals surface area (Å²) < 4.78 is 0.939. The largest absolute Gasteiger partial charge is 0.322 e. The Bertz CT molecular complexity index is 1260. The van der Waals surface area contributed by atoms with Gasteiger partial charge < -0.3 is 5.32 Å². The van der Waals surface area contributed by atoms with Gasteiger partial charge in [-0.25, -0.2) is 4.99 Å². The van der Waals surface area contributed by atoms with Gasteiger partial charge in [-0.1, -0.05) is 48.8 Å². The number of nitrogens with one attached hydrogen (secondary N) is 1. The van der Waals surface area contributed by atoms with Crippen molar-refractivity contribution in [1.29, 1.82) is 0 Å². The van der Waals surface area contributed by atoms with Crippen LogP contribution in [0.4, 0.5) is 16.4 Å². The van der Waals surface area contributed by atoms with Crippen LogP contribution < -0.4 is 5.32 Å². The van der Waals surface area contributed by atoms with E-state index >= 15 is 0 Å². The molecule has 0 saturated carbocycles. The molecule has 1 atom stereocenters. The minimum Gasteiger partial charge on any atom is -0.322 e. The van der Waals surface area contributed by atoms with E-state index in [0.29, 0.717) is 27.7 Å². The Morgan fingerprint density at radius 3 is 2.65 bits per heavy atom. The molecule has 1 aromatic heterocycles. The Kier molecular flexibility index (Phi) is 7.00. The van der Waals surface area contributed by atoms with Gasteiger partial charge in [0.25, 0.3) is 11.6 Å². The molecule has 0 spiro atoms. The number of carbonyl (C=O) groups excluding carboxylic acids is 1. The van der Waals surface area contributed by atoms with Gasteiger partial charge in [0.05, 0.1) is 10.5 Å². The maximum Gasteiger partial charge on any atom is 0.270 e. The van der Waals surface area contributed by atoms with E-state index < -0.39 is 4.92 Å². The Morgan fingerprint density at radius 1 is 1.24 bits per heavy atom. The topological polar surface area (TPSA) is 84.6 Å². The number of nitro benzene ring substituents is 1. The molecule has 0 unspecified atom stereocenters. The van der Waals surface area contributed by atoms with Crippen molar-refractivity contribution in [2.75, 3.05) is 5.32 Å². The van der Waals surface area contributed by atoms with Crippen LogP contribution in [0.1, 0.15) is 53.6 Å². The number of thiophene rings is 1. The first-order valence-electron chi connectivity index (χ1n) is 11.1. The predicted octanol–water partition coefficient (Wildman–Crippen LogP) is 7.57. The Hall–Kier alpha value is -2.84. The van der Waals surface area contributed by atoms with Gasteiger partial charge >= 0.3 is 0 Å². The summed E-state index contributed by atoms with van der Waals surface area (Å²) in [5, 5.41) is 14.8. The van der Waals surface area contributed by atoms with E-state index in [9.17, 15) is 14.9 Å². The molecule has 1 N–H and O–H groups in total. The monoisotopic (exact) mass is 539 g/mol. The van der Waals surface area contributed by atoms with Crippen LogP contribution in [0.3, 0.4) is 0 Å². The van der Waals surface area contributed by atoms with Crippen LogP contribution in [0.2, 0.25) is 0 Å². The lowest BCUT2D eigenvalue weighted by Gasteiger charge is -2.33. The number of hydrogen-bond acceptors (Lipinski definition) is 5. The minimum absolute atomic E-state index is 0.00986. The minimum atomic E-state index is -0.426. The number of anilines is 1. The summed E-state index contributed by atoms with van der Waals surface area (Å²) in [4.78, 5) is 30.0. The first-order valence-corrected chi connectivity index (χ1v) is 12.7. The lowest BCUT2D eigenvalue weighted by Crippen LogP contribution is -2.27. The van der Waals surface area contributed by atoms with Crippen molar-refractivity contribution in [3.8, 4) is 0 Å². The average Bonchev–Trinajstić information content (AvgIpc) is 3.16. The molecule has 1 heterocycles. The normalized spacial score (nSPS) is 15.8. The van der Waals surface area contributed by atoms with Crippen LogP contribution in [0.15, 0.2) is 58.0 Å². The predicted molar refractivity (Wildman–Crippen MR) is 142 cm³/mol. The second kappa shape index (κ2) is 9.80. The zero-order valence-electron chi connectivity index (χ0n) is 19.3. The van der Waals surface area contributed by atoms with Crippen LogP contribution in [-0.4, -0.2) is 17.0 Å². The molecule has 0 bridgehead atoms. The summed E-state index contributed by atoms with van der Waals surface area (Å²) in [6, 6.07) is 13.8. The zero-order valence-corrected chi connectivity index (χ0v) is 21.7. The van der Waals surface area contributed by atoms with Gasteiger partial charge in [0, 0.05) is 33.4 Å². The maximum absolute atomic E-state index is 13.4. The molecule has 1 aliphatic rings. The van der Waals surface area contributed by atoms with E-state index in [4.69, 9.17) is 0 Å². The standard InChI is InChI=1S/C26H26BrN3O3S/c1-26(2,3)17-7-12-21-22(14-17)34-25(28-15-16-5-4-6-20(13-16)30(32)33)23(21)24(31)29-19-10-8-18(27)9-11-19/h4-6,8-11,13,15,17H,7,12,14H2,1-3H3,(H,29,31)/t17-/m1/s1. The van der Waals surface area contributed by atoms with E-state index in [0.717, 1.165) is 29.3 Å². The number of carbonyl (C=O) groups is 1. The average molecular weight is 540 g/mol. The molecule has 8 heteroatoms. The van der Waals surface area contributed by atoms with Crippen LogP contribution in [0.25, 0.3) is 0 Å². The SMILES string of the molecule is CC(C)(C)[C@@H]1CCc2c(sc(N=Cc3cccc([N+](=O)[O-])c3)c2C(=O)Nc2ccc(Br)cc2)C1. The molecule has 2 aromatic carbocycles. The number of rotatable bonds is 5. The number of halogens is 1. The fourth-order valence-electron chi connectivity index (χ4n) is 4.21. The number of nitro groups is 1. The lowest BCUT2D eigenvalue weighted by atomic mass is 9.72. The fraction of sp³-hybridized carbons (Fsp3) is 0.308. The highest BCUT2D eigenvalue weighted by Crippen LogP contribution is 2.45. The van der Waals surface area contributed by atoms with Crippen molar-refractivity contribution in [2.45, 2.75) is 40.0 Å². The first-order chi connectivity index (χ1) is 16.1. The third-order valence-corrected chi connectivity index (χ3v) is 7.90. The van der Waals surface area contributed by atoms with Gasteiger partial charge in [0.15, 0.2) is 0 Å². The molecule has 3 aromatic rings. The summed E-state index contributed by atoms with van der Waals surface area (Å²) in [5.74, 6) is 0.356. The number of benzene rings is 2. The molecular formula is C26H26BrN3O3S. The highest BCUT2D eigenvalue weighted by atomic mass is 79.9. The molecule has 176 valence electrons. The summed E-state index contributed by atoms with van der Waals surface area (Å²) in [7, 11) is 0. The van der Waals surface area contributed by atoms with Crippen molar-refractivity contribution in [3.63, 3.8) is 0 Å². The van der Waals surface area contributed by atoms with E-state index in [1.165, 1.54) is 17.0 Å². The number of nitrogens with zero attached hydrogens (tertiary/aromatic N) is 2. The molecule has 0 saturated heterocycles. The van der Waals surface area contributed by atoms with Gasteiger partial charge in [-0.3, -0.25) is 14.9 Å². The summed E-state index contributed by atoms with van der Waals surface area (Å²) in [5.41, 5.74) is 3.21. The first kappa shape index (κ1) is 24.3. The van der Waals surface area contributed by atoms with Gasteiger partial charge in [-0.15, -0.1) is 11.3 Å². The molecule has 1 aliphatic carbocycles. The second-order valence-corrected chi connectivity index (χ2v) is 11.6. The third-order valence-electron chi connectivity index (χ3n) is 6.21. The Balaban J connectivity index is 1.70. The molecule has 34 heavy (non-hydrogen) atoms. The van der Waals surface area contributed by atoms with Crippen molar-refractivity contribution >= 4 is 55.8 Å². The van der Waals surface area contributed by atoms with Crippen molar-refractivity contribution in [2.24, 2.45) is 16.3 Å². The highest BCUT2D eigenvalue weighted by Gasteiger charge is 2.33. The number of aliphatic imine (C=N–C) groups is 1. The third kappa shape index (κ3) is 5.45. The van der Waals surface area contributed by atoms with Gasteiger partial charge in [0.2, 0.25) is 0 Å². The highest BCUT2D eigenvalue weighted by molar-refractivity contribution is 9.10. The Morgan fingerprint density at radius 2 is 1.97 bits per heavy atom. The van der Waals surface area contributed by atoms with E-state index in [1.54, 1.807) is 29.7 Å². The zero-order chi connectivity index (χ0) is 24.5. The number of non-ortho nitro benzene ring substituents is 1. The van der Waals surface area contributed by atoms with Gasteiger partial charge in [-0.05, 0) is 66.0 Å². The molecule has 1 amide bonds. The van der Waals surface area contributed by atoms with E-state index in [2.05, 4.69) is 47.0 Å². The van der Waals surface area contributed by atoms with Crippen LogP contribution in [-0.2, 0) is 12.8 Å². The quantitative estimate of drug-likeness (QED) is 0.206. The molecule has 4 rings (SSSR count). The molecule has 0 radical (unpaired) electrons. The summed E-state index contributed by atoms with van der Waals surface area (Å²) >= 11 is 4.97. The van der Waals surface area contributed by atoms with Crippen LogP contribution in [0, 0.1) is 21.4 Å².